The van der Waals surface area contributed by atoms with Gasteiger partial charge < -0.3 is 10.1 Å². The molecule has 0 saturated carbocycles. The van der Waals surface area contributed by atoms with Crippen molar-refractivity contribution in [1.29, 1.82) is 0 Å². The van der Waals surface area contributed by atoms with Crippen molar-refractivity contribution < 1.29 is 22.7 Å². The molecule has 3 nitrogen and oxygen atoms in total. The molecule has 0 aliphatic carbocycles. The first-order valence-electron chi connectivity index (χ1n) is 5.50. The maximum Gasteiger partial charge on any atom is 0.573 e. The highest BCUT2D eigenvalue weighted by molar-refractivity contribution is 9.10. The van der Waals surface area contributed by atoms with Crippen LogP contribution in [0.4, 0.5) is 18.9 Å². The highest BCUT2D eigenvalue weighted by Gasteiger charge is 2.31. The summed E-state index contributed by atoms with van der Waals surface area (Å²) in [7, 11) is 0. The summed E-state index contributed by atoms with van der Waals surface area (Å²) in [6.07, 6.45) is -4.75. The lowest BCUT2D eigenvalue weighted by Gasteiger charge is -2.14. The molecule has 106 valence electrons. The second-order valence-corrected chi connectivity index (χ2v) is 5.20. The zero-order chi connectivity index (χ0) is 14.6. The lowest BCUT2D eigenvalue weighted by molar-refractivity contribution is -0.274. The maximum atomic E-state index is 12.1. The Morgan fingerprint density at radius 2 is 2.00 bits per heavy atom. The quantitative estimate of drug-likeness (QED) is 0.843. The van der Waals surface area contributed by atoms with Crippen LogP contribution in [0.15, 0.2) is 24.3 Å². The van der Waals surface area contributed by atoms with Crippen LogP contribution in [-0.2, 0) is 4.79 Å². The Morgan fingerprint density at radius 1 is 1.37 bits per heavy atom. The number of ether oxygens (including phenoxy) is 1. The van der Waals surface area contributed by atoms with E-state index in [9.17, 15) is 18.0 Å². The van der Waals surface area contributed by atoms with Crippen molar-refractivity contribution in [3.63, 3.8) is 0 Å². The van der Waals surface area contributed by atoms with E-state index in [0.29, 0.717) is 0 Å². The molecule has 1 aromatic rings. The van der Waals surface area contributed by atoms with Gasteiger partial charge in [0.1, 0.15) is 5.75 Å². The second-order valence-electron chi connectivity index (χ2n) is 4.21. The molecule has 0 fully saturated rings. The van der Waals surface area contributed by atoms with E-state index in [1.807, 2.05) is 13.8 Å². The van der Waals surface area contributed by atoms with Crippen molar-refractivity contribution in [3.8, 4) is 5.75 Å². The maximum absolute atomic E-state index is 12.1. The number of amides is 1. The molecule has 7 heteroatoms. The van der Waals surface area contributed by atoms with Crippen LogP contribution in [0.5, 0.6) is 5.75 Å². The molecule has 0 radical (unpaired) electrons. The van der Waals surface area contributed by atoms with Crippen molar-refractivity contribution in [2.75, 3.05) is 5.32 Å². The van der Waals surface area contributed by atoms with Crippen molar-refractivity contribution in [1.82, 2.24) is 0 Å². The molecule has 0 bridgehead atoms. The standard InChI is InChI=1S/C12H13BrF3NO2/c1-7(2)10(13)11(18)17-8-4-3-5-9(6-8)19-12(14,15)16/h3-7,10H,1-2H3,(H,17,18). The SMILES string of the molecule is CC(C)C(Br)C(=O)Nc1cccc(OC(F)(F)F)c1. The highest BCUT2D eigenvalue weighted by atomic mass is 79.9. The molecule has 1 aromatic carbocycles. The Balaban J connectivity index is 2.75. The van der Waals surface area contributed by atoms with Gasteiger partial charge in [0.25, 0.3) is 0 Å². The smallest absolute Gasteiger partial charge is 0.406 e. The van der Waals surface area contributed by atoms with Crippen molar-refractivity contribution in [2.45, 2.75) is 25.0 Å². The molecule has 19 heavy (non-hydrogen) atoms. The molecule has 0 aliphatic heterocycles. The Labute approximate surface area is 117 Å². The van der Waals surface area contributed by atoms with E-state index < -0.39 is 11.2 Å². The van der Waals surface area contributed by atoms with Crippen LogP contribution in [0.1, 0.15) is 13.8 Å². The summed E-state index contributed by atoms with van der Waals surface area (Å²) in [6, 6.07) is 5.14. The van der Waals surface area contributed by atoms with Gasteiger partial charge in [-0.25, -0.2) is 0 Å². The normalized spacial score (nSPS) is 13.2. The van der Waals surface area contributed by atoms with Crippen LogP contribution in [0.25, 0.3) is 0 Å². The van der Waals surface area contributed by atoms with Gasteiger partial charge in [-0.15, -0.1) is 13.2 Å². The molecule has 1 unspecified atom stereocenters. The minimum atomic E-state index is -4.75. The van der Waals surface area contributed by atoms with Gasteiger partial charge >= 0.3 is 6.36 Å². The number of hydrogen-bond donors (Lipinski definition) is 1. The Bertz CT molecular complexity index is 449. The summed E-state index contributed by atoms with van der Waals surface area (Å²) < 4.78 is 39.9. The molecule has 0 aliphatic rings. The summed E-state index contributed by atoms with van der Waals surface area (Å²) in [5.41, 5.74) is 0.247. The van der Waals surface area contributed by atoms with Crippen LogP contribution in [0.2, 0.25) is 0 Å². The number of benzene rings is 1. The highest BCUT2D eigenvalue weighted by Crippen LogP contribution is 2.25. The number of hydrogen-bond acceptors (Lipinski definition) is 2. The fourth-order valence-corrected chi connectivity index (χ4v) is 1.40. The largest absolute Gasteiger partial charge is 0.573 e. The first-order valence-corrected chi connectivity index (χ1v) is 6.41. The molecule has 1 amide bonds. The summed E-state index contributed by atoms with van der Waals surface area (Å²) in [6.45, 7) is 3.70. The first kappa shape index (κ1) is 15.8. The molecule has 1 N–H and O–H groups in total. The van der Waals surface area contributed by atoms with Crippen molar-refractivity contribution in [2.24, 2.45) is 5.92 Å². The van der Waals surface area contributed by atoms with Gasteiger partial charge in [-0.2, -0.15) is 0 Å². The summed E-state index contributed by atoms with van der Waals surface area (Å²) in [4.78, 5) is 11.3. The lowest BCUT2D eigenvalue weighted by Crippen LogP contribution is -2.27. The minimum absolute atomic E-state index is 0.0645. The Hall–Kier alpha value is -1.24. The van der Waals surface area contributed by atoms with Crippen molar-refractivity contribution in [3.05, 3.63) is 24.3 Å². The number of carbonyl (C=O) groups excluding carboxylic acids is 1. The van der Waals surface area contributed by atoms with Crippen LogP contribution in [0, 0.1) is 5.92 Å². The molecule has 1 rings (SSSR count). The van der Waals surface area contributed by atoms with Crippen LogP contribution in [-0.4, -0.2) is 17.1 Å². The second kappa shape index (κ2) is 6.27. The number of alkyl halides is 4. The fourth-order valence-electron chi connectivity index (χ4n) is 1.28. The summed E-state index contributed by atoms with van der Waals surface area (Å²) in [5, 5.41) is 2.52. The third-order valence-electron chi connectivity index (χ3n) is 2.17. The van der Waals surface area contributed by atoms with Crippen LogP contribution in [0.3, 0.4) is 0 Å². The first-order chi connectivity index (χ1) is 8.69. The van der Waals surface area contributed by atoms with Gasteiger partial charge in [0.05, 0.1) is 4.83 Å². The van der Waals surface area contributed by atoms with Gasteiger partial charge in [-0.3, -0.25) is 4.79 Å². The monoisotopic (exact) mass is 339 g/mol. The predicted molar refractivity (Wildman–Crippen MR) is 69.3 cm³/mol. The van der Waals surface area contributed by atoms with Gasteiger partial charge in [0.2, 0.25) is 5.91 Å². The number of rotatable bonds is 4. The van der Waals surface area contributed by atoms with Gasteiger partial charge in [-0.1, -0.05) is 35.8 Å². The van der Waals surface area contributed by atoms with Crippen LogP contribution >= 0.6 is 15.9 Å². The van der Waals surface area contributed by atoms with E-state index in [0.717, 1.165) is 12.1 Å². The third kappa shape index (κ3) is 5.50. The molecular weight excluding hydrogens is 327 g/mol. The Kier molecular flexibility index (Phi) is 5.22. The lowest BCUT2D eigenvalue weighted by atomic mass is 10.1. The third-order valence-corrected chi connectivity index (χ3v) is 3.64. The number of nitrogens with one attached hydrogen (secondary N) is 1. The van der Waals surface area contributed by atoms with E-state index in [-0.39, 0.29) is 23.3 Å². The van der Waals surface area contributed by atoms with Crippen molar-refractivity contribution >= 4 is 27.5 Å². The fraction of sp³-hybridized carbons (Fsp3) is 0.417. The van der Waals surface area contributed by atoms with Gasteiger partial charge in [-0.05, 0) is 18.1 Å². The van der Waals surface area contributed by atoms with E-state index in [2.05, 4.69) is 26.0 Å². The van der Waals surface area contributed by atoms with E-state index in [1.54, 1.807) is 0 Å². The molecule has 0 aromatic heterocycles. The molecule has 0 spiro atoms. The number of carbonyl (C=O) groups is 1. The summed E-state index contributed by atoms with van der Waals surface area (Å²) >= 11 is 3.21. The van der Waals surface area contributed by atoms with E-state index in [1.165, 1.54) is 12.1 Å². The van der Waals surface area contributed by atoms with E-state index >= 15 is 0 Å². The average molecular weight is 340 g/mol. The van der Waals surface area contributed by atoms with Gasteiger partial charge in [0.15, 0.2) is 0 Å². The number of halogens is 4. The topological polar surface area (TPSA) is 38.3 Å². The van der Waals surface area contributed by atoms with E-state index in [4.69, 9.17) is 0 Å². The molecular formula is C12H13BrF3NO2. The summed E-state index contributed by atoms with van der Waals surface area (Å²) in [5.74, 6) is -0.630. The average Bonchev–Trinajstić information content (AvgIpc) is 2.25. The Morgan fingerprint density at radius 3 is 2.53 bits per heavy atom. The minimum Gasteiger partial charge on any atom is -0.406 e. The van der Waals surface area contributed by atoms with Gasteiger partial charge in [0, 0.05) is 11.8 Å². The molecule has 1 atom stereocenters. The zero-order valence-corrected chi connectivity index (χ0v) is 11.9. The van der Waals surface area contributed by atoms with Crippen LogP contribution < -0.4 is 10.1 Å². The predicted octanol–water partition coefficient (Wildman–Crippen LogP) is 3.94. The number of anilines is 1. The molecule has 0 heterocycles. The zero-order valence-electron chi connectivity index (χ0n) is 10.3. The molecule has 0 saturated heterocycles.